The van der Waals surface area contributed by atoms with Gasteiger partial charge in [0.05, 0.1) is 0 Å². The summed E-state index contributed by atoms with van der Waals surface area (Å²) in [5, 5.41) is 0. The van der Waals surface area contributed by atoms with Crippen LogP contribution in [0.3, 0.4) is 0 Å². The molecule has 0 aromatic carbocycles. The van der Waals surface area contributed by atoms with Crippen LogP contribution >= 0.6 is 0 Å². The van der Waals surface area contributed by atoms with Gasteiger partial charge in [0.15, 0.2) is 0 Å². The van der Waals surface area contributed by atoms with Gasteiger partial charge in [-0.3, -0.25) is 4.79 Å². The van der Waals surface area contributed by atoms with Crippen LogP contribution < -0.4 is 5.73 Å². The van der Waals surface area contributed by atoms with Crippen molar-refractivity contribution in [3.05, 3.63) is 0 Å². The van der Waals surface area contributed by atoms with E-state index in [2.05, 4.69) is 9.80 Å². The summed E-state index contributed by atoms with van der Waals surface area (Å²) in [4.78, 5) is 18.8. The first-order valence-corrected chi connectivity index (χ1v) is 8.08. The Balaban J connectivity index is 1.56. The summed E-state index contributed by atoms with van der Waals surface area (Å²) in [5.41, 5.74) is 5.47. The maximum Gasteiger partial charge on any atom is 0.223 e. The molecular weight excluding hydrogens is 252 g/mol. The van der Waals surface area contributed by atoms with Crippen molar-refractivity contribution in [1.82, 2.24) is 14.7 Å². The molecule has 0 bridgehead atoms. The number of nitrogens with two attached hydrogens (primary N) is 1. The second-order valence-corrected chi connectivity index (χ2v) is 6.29. The molecule has 2 aliphatic rings. The van der Waals surface area contributed by atoms with Gasteiger partial charge in [-0.15, -0.1) is 0 Å². The molecule has 1 heterocycles. The van der Waals surface area contributed by atoms with E-state index in [9.17, 15) is 4.79 Å². The van der Waals surface area contributed by atoms with Gasteiger partial charge in [-0.1, -0.05) is 0 Å². The van der Waals surface area contributed by atoms with Crippen LogP contribution in [0.1, 0.15) is 25.7 Å². The minimum atomic E-state index is 0.249. The Kier molecular flexibility index (Phi) is 6.26. The van der Waals surface area contributed by atoms with Crippen molar-refractivity contribution in [2.24, 2.45) is 11.7 Å². The predicted molar refractivity (Wildman–Crippen MR) is 81.5 cm³/mol. The third-order valence-electron chi connectivity index (χ3n) is 4.44. The number of hydrogen-bond donors (Lipinski definition) is 1. The van der Waals surface area contributed by atoms with Gasteiger partial charge in [0, 0.05) is 59.3 Å². The van der Waals surface area contributed by atoms with Gasteiger partial charge in [0.2, 0.25) is 5.91 Å². The Morgan fingerprint density at radius 3 is 2.45 bits per heavy atom. The van der Waals surface area contributed by atoms with Crippen molar-refractivity contribution in [3.63, 3.8) is 0 Å². The summed E-state index contributed by atoms with van der Waals surface area (Å²) in [7, 11) is 1.88. The van der Waals surface area contributed by atoms with E-state index in [0.717, 1.165) is 38.5 Å². The van der Waals surface area contributed by atoms with Crippen LogP contribution in [0.2, 0.25) is 0 Å². The molecule has 0 atom stereocenters. The van der Waals surface area contributed by atoms with Crippen LogP contribution in [-0.2, 0) is 4.79 Å². The highest BCUT2D eigenvalue weighted by molar-refractivity contribution is 5.76. The minimum absolute atomic E-state index is 0.249. The zero-order chi connectivity index (χ0) is 14.4. The molecular formula is C15H30N4O. The zero-order valence-corrected chi connectivity index (χ0v) is 12.9. The zero-order valence-electron chi connectivity index (χ0n) is 12.9. The number of rotatable bonds is 8. The van der Waals surface area contributed by atoms with Crippen molar-refractivity contribution >= 4 is 5.91 Å². The minimum Gasteiger partial charge on any atom is -0.346 e. The van der Waals surface area contributed by atoms with E-state index in [4.69, 9.17) is 5.73 Å². The number of amides is 1. The van der Waals surface area contributed by atoms with E-state index in [0.29, 0.717) is 13.0 Å². The molecule has 20 heavy (non-hydrogen) atoms. The monoisotopic (exact) mass is 282 g/mol. The van der Waals surface area contributed by atoms with Crippen molar-refractivity contribution < 1.29 is 4.79 Å². The van der Waals surface area contributed by atoms with Crippen LogP contribution in [-0.4, -0.2) is 80.0 Å². The SMILES string of the molecule is CN(CCCN)C(=O)CCN1CCN(CC2CC2)CC1. The highest BCUT2D eigenvalue weighted by Crippen LogP contribution is 2.29. The fraction of sp³-hybridized carbons (Fsp3) is 0.933. The summed E-state index contributed by atoms with van der Waals surface area (Å²) in [6, 6.07) is 0. The summed E-state index contributed by atoms with van der Waals surface area (Å²) in [5.74, 6) is 1.23. The van der Waals surface area contributed by atoms with Gasteiger partial charge < -0.3 is 20.4 Å². The summed E-state index contributed by atoms with van der Waals surface area (Å²) < 4.78 is 0. The highest BCUT2D eigenvalue weighted by Gasteiger charge is 2.26. The average Bonchev–Trinajstić information content (AvgIpc) is 3.27. The van der Waals surface area contributed by atoms with Gasteiger partial charge in [0.25, 0.3) is 0 Å². The lowest BCUT2D eigenvalue weighted by atomic mass is 10.2. The van der Waals surface area contributed by atoms with Crippen molar-refractivity contribution in [1.29, 1.82) is 0 Å². The Labute approximate surface area is 123 Å². The van der Waals surface area contributed by atoms with Crippen LogP contribution in [0, 0.1) is 5.92 Å². The largest absolute Gasteiger partial charge is 0.346 e. The standard InChI is InChI=1S/C15H30N4O/c1-17(7-2-6-16)15(20)5-8-18-9-11-19(12-10-18)13-14-3-4-14/h14H,2-13,16H2,1H3. The molecule has 5 heteroatoms. The molecule has 2 N–H and O–H groups in total. The number of nitrogens with zero attached hydrogens (tertiary/aromatic N) is 3. The maximum atomic E-state index is 12.0. The van der Waals surface area contributed by atoms with Gasteiger partial charge in [-0.2, -0.15) is 0 Å². The van der Waals surface area contributed by atoms with Gasteiger partial charge >= 0.3 is 0 Å². The Hall–Kier alpha value is -0.650. The fourth-order valence-corrected chi connectivity index (χ4v) is 2.76. The number of carbonyl (C=O) groups is 1. The Bertz CT molecular complexity index is 298. The Morgan fingerprint density at radius 2 is 1.85 bits per heavy atom. The second kappa shape index (κ2) is 7.96. The van der Waals surface area contributed by atoms with Gasteiger partial charge in [0.1, 0.15) is 0 Å². The maximum absolute atomic E-state index is 12.0. The molecule has 1 aliphatic heterocycles. The molecule has 1 amide bonds. The molecule has 0 unspecified atom stereocenters. The van der Waals surface area contributed by atoms with Gasteiger partial charge in [-0.25, -0.2) is 0 Å². The summed E-state index contributed by atoms with van der Waals surface area (Å²) in [6.45, 7) is 8.23. The molecule has 1 saturated heterocycles. The smallest absolute Gasteiger partial charge is 0.223 e. The van der Waals surface area contributed by atoms with Gasteiger partial charge in [-0.05, 0) is 31.7 Å². The van der Waals surface area contributed by atoms with Crippen molar-refractivity contribution in [2.75, 3.05) is 59.4 Å². The molecule has 0 radical (unpaired) electrons. The molecule has 2 fully saturated rings. The van der Waals surface area contributed by atoms with Crippen LogP contribution in [0.5, 0.6) is 0 Å². The third-order valence-corrected chi connectivity index (χ3v) is 4.44. The molecule has 2 rings (SSSR count). The molecule has 1 saturated carbocycles. The molecule has 5 nitrogen and oxygen atoms in total. The average molecular weight is 282 g/mol. The first kappa shape index (κ1) is 15.7. The fourth-order valence-electron chi connectivity index (χ4n) is 2.76. The topological polar surface area (TPSA) is 52.8 Å². The second-order valence-electron chi connectivity index (χ2n) is 6.29. The molecule has 116 valence electrons. The molecule has 0 aromatic rings. The van der Waals surface area contributed by atoms with E-state index in [1.807, 2.05) is 11.9 Å². The van der Waals surface area contributed by atoms with E-state index in [1.54, 1.807) is 0 Å². The number of hydrogen-bond acceptors (Lipinski definition) is 4. The first-order valence-electron chi connectivity index (χ1n) is 8.08. The van der Waals surface area contributed by atoms with E-state index in [-0.39, 0.29) is 5.91 Å². The van der Waals surface area contributed by atoms with Crippen LogP contribution in [0.15, 0.2) is 0 Å². The highest BCUT2D eigenvalue weighted by atomic mass is 16.2. The molecule has 0 aromatic heterocycles. The Morgan fingerprint density at radius 1 is 1.20 bits per heavy atom. The normalized spacial score (nSPS) is 21.1. The number of piperazine rings is 1. The molecule has 0 spiro atoms. The third kappa shape index (κ3) is 5.38. The van der Waals surface area contributed by atoms with Crippen molar-refractivity contribution in [2.45, 2.75) is 25.7 Å². The summed E-state index contributed by atoms with van der Waals surface area (Å²) >= 11 is 0. The predicted octanol–water partition coefficient (Wildman–Crippen LogP) is 0.211. The summed E-state index contributed by atoms with van der Waals surface area (Å²) in [6.07, 6.45) is 4.40. The van der Waals surface area contributed by atoms with E-state index in [1.165, 1.54) is 32.5 Å². The molecule has 1 aliphatic carbocycles. The van der Waals surface area contributed by atoms with E-state index < -0.39 is 0 Å². The number of carbonyl (C=O) groups excluding carboxylic acids is 1. The van der Waals surface area contributed by atoms with E-state index >= 15 is 0 Å². The quantitative estimate of drug-likeness (QED) is 0.691. The van der Waals surface area contributed by atoms with Crippen molar-refractivity contribution in [3.8, 4) is 0 Å². The first-order chi connectivity index (χ1) is 9.69. The lowest BCUT2D eigenvalue weighted by molar-refractivity contribution is -0.130. The van der Waals surface area contributed by atoms with Crippen LogP contribution in [0.25, 0.3) is 0 Å². The lowest BCUT2D eigenvalue weighted by Crippen LogP contribution is -2.47. The van der Waals surface area contributed by atoms with Crippen LogP contribution in [0.4, 0.5) is 0 Å². The lowest BCUT2D eigenvalue weighted by Gasteiger charge is -2.34.